The van der Waals surface area contributed by atoms with Crippen LogP contribution in [0.1, 0.15) is 24.8 Å². The predicted octanol–water partition coefficient (Wildman–Crippen LogP) is 1.37. The van der Waals surface area contributed by atoms with Crippen molar-refractivity contribution in [1.29, 1.82) is 0 Å². The fraction of sp³-hybridized carbons (Fsp3) is 0.500. The van der Waals surface area contributed by atoms with E-state index >= 15 is 0 Å². The van der Waals surface area contributed by atoms with Gasteiger partial charge in [-0.15, -0.1) is 0 Å². The molecule has 3 rings (SSSR count). The summed E-state index contributed by atoms with van der Waals surface area (Å²) in [5.74, 6) is -0.112. The summed E-state index contributed by atoms with van der Waals surface area (Å²) in [5, 5.41) is 12.0. The second kappa shape index (κ2) is 6.25. The van der Waals surface area contributed by atoms with Gasteiger partial charge in [-0.25, -0.2) is 0 Å². The van der Waals surface area contributed by atoms with Crippen molar-refractivity contribution in [1.82, 2.24) is 5.32 Å². The lowest BCUT2D eigenvalue weighted by atomic mass is 10.0. The fourth-order valence-electron chi connectivity index (χ4n) is 3.07. The molecule has 1 aliphatic heterocycles. The highest BCUT2D eigenvalue weighted by atomic mass is 16.6. The Morgan fingerprint density at radius 2 is 1.95 bits per heavy atom. The van der Waals surface area contributed by atoms with Gasteiger partial charge in [0.1, 0.15) is 13.2 Å². The van der Waals surface area contributed by atoms with E-state index in [0.29, 0.717) is 31.1 Å². The molecule has 0 saturated heterocycles. The molecule has 2 aliphatic rings. The van der Waals surface area contributed by atoms with Crippen LogP contribution in [0, 0.1) is 5.92 Å². The van der Waals surface area contributed by atoms with Gasteiger partial charge in [0.25, 0.3) is 0 Å². The van der Waals surface area contributed by atoms with E-state index in [0.717, 1.165) is 18.4 Å². The number of carboxylic acid groups (broad SMARTS) is 1. The number of fused-ring (bicyclic) bond motifs is 1. The molecule has 1 aliphatic carbocycles. The van der Waals surface area contributed by atoms with Crippen molar-refractivity contribution in [3.05, 3.63) is 23.8 Å². The van der Waals surface area contributed by atoms with E-state index in [2.05, 4.69) is 5.32 Å². The average Bonchev–Trinajstić information content (AvgIpc) is 2.95. The first-order valence-electron chi connectivity index (χ1n) is 7.54. The Hall–Kier alpha value is -2.24. The molecule has 0 aromatic heterocycles. The minimum Gasteiger partial charge on any atom is -0.486 e. The Morgan fingerprint density at radius 3 is 2.73 bits per heavy atom. The maximum absolute atomic E-state index is 12.1. The molecule has 1 saturated carbocycles. The normalized spacial score (nSPS) is 23.1. The number of benzene rings is 1. The zero-order chi connectivity index (χ0) is 15.5. The lowest BCUT2D eigenvalue weighted by Gasteiger charge is -2.20. The van der Waals surface area contributed by atoms with Crippen LogP contribution < -0.4 is 14.8 Å². The lowest BCUT2D eigenvalue weighted by Crippen LogP contribution is -2.40. The Labute approximate surface area is 128 Å². The van der Waals surface area contributed by atoms with E-state index in [-0.39, 0.29) is 18.4 Å². The van der Waals surface area contributed by atoms with Gasteiger partial charge in [-0.05, 0) is 30.5 Å². The van der Waals surface area contributed by atoms with Crippen molar-refractivity contribution in [2.45, 2.75) is 31.7 Å². The van der Waals surface area contributed by atoms with Crippen molar-refractivity contribution in [3.63, 3.8) is 0 Å². The van der Waals surface area contributed by atoms with E-state index < -0.39 is 11.9 Å². The third-order valence-electron chi connectivity index (χ3n) is 4.15. The number of carbonyl (C=O) groups excluding carboxylic acids is 1. The van der Waals surface area contributed by atoms with Gasteiger partial charge in [-0.2, -0.15) is 0 Å². The molecule has 1 aromatic carbocycles. The van der Waals surface area contributed by atoms with Gasteiger partial charge < -0.3 is 19.9 Å². The highest BCUT2D eigenvalue weighted by Gasteiger charge is 2.33. The highest BCUT2D eigenvalue weighted by molar-refractivity contribution is 5.80. The van der Waals surface area contributed by atoms with Crippen molar-refractivity contribution in [2.24, 2.45) is 5.92 Å². The summed E-state index contributed by atoms with van der Waals surface area (Å²) in [4.78, 5) is 23.3. The van der Waals surface area contributed by atoms with Crippen LogP contribution in [-0.2, 0) is 16.0 Å². The SMILES string of the molecule is O=C(Cc1ccc2c(c1)OCCO2)N[C@H]1CCC[C@H]1C(=O)O. The first-order chi connectivity index (χ1) is 10.6. The van der Waals surface area contributed by atoms with E-state index in [1.54, 1.807) is 12.1 Å². The number of hydrogen-bond acceptors (Lipinski definition) is 4. The Bertz CT molecular complexity index is 586. The van der Waals surface area contributed by atoms with Crippen LogP contribution in [0.25, 0.3) is 0 Å². The number of carbonyl (C=O) groups is 2. The molecule has 1 heterocycles. The van der Waals surface area contributed by atoms with Gasteiger partial charge in [0.15, 0.2) is 11.5 Å². The molecule has 2 N–H and O–H groups in total. The lowest BCUT2D eigenvalue weighted by molar-refractivity contribution is -0.142. The molecule has 0 spiro atoms. The summed E-state index contributed by atoms with van der Waals surface area (Å²) in [7, 11) is 0. The van der Waals surface area contributed by atoms with Gasteiger partial charge in [-0.1, -0.05) is 12.5 Å². The topological polar surface area (TPSA) is 84.9 Å². The molecule has 22 heavy (non-hydrogen) atoms. The third kappa shape index (κ3) is 3.16. The van der Waals surface area contributed by atoms with Gasteiger partial charge in [0.2, 0.25) is 5.91 Å². The maximum Gasteiger partial charge on any atom is 0.308 e. The van der Waals surface area contributed by atoms with Crippen LogP contribution in [0.3, 0.4) is 0 Å². The average molecular weight is 305 g/mol. The van der Waals surface area contributed by atoms with E-state index in [9.17, 15) is 9.59 Å². The summed E-state index contributed by atoms with van der Waals surface area (Å²) in [5.41, 5.74) is 0.826. The highest BCUT2D eigenvalue weighted by Crippen LogP contribution is 2.31. The smallest absolute Gasteiger partial charge is 0.308 e. The summed E-state index contributed by atoms with van der Waals surface area (Å²) >= 11 is 0. The van der Waals surface area contributed by atoms with Gasteiger partial charge in [0, 0.05) is 6.04 Å². The van der Waals surface area contributed by atoms with E-state index in [1.807, 2.05) is 6.07 Å². The minimum atomic E-state index is -0.831. The summed E-state index contributed by atoms with van der Waals surface area (Å²) in [6.07, 6.45) is 2.40. The molecule has 6 heteroatoms. The number of amides is 1. The van der Waals surface area contributed by atoms with Gasteiger partial charge in [-0.3, -0.25) is 9.59 Å². The van der Waals surface area contributed by atoms with Crippen LogP contribution in [0.15, 0.2) is 18.2 Å². The number of carboxylic acids is 1. The quantitative estimate of drug-likeness (QED) is 0.877. The van der Waals surface area contributed by atoms with Crippen molar-refractivity contribution < 1.29 is 24.2 Å². The molecule has 2 atom stereocenters. The summed E-state index contributed by atoms with van der Waals surface area (Å²) < 4.78 is 10.9. The molecule has 1 amide bonds. The standard InChI is InChI=1S/C16H19NO5/c18-15(17-12-3-1-2-11(12)16(19)20)9-10-4-5-13-14(8-10)22-7-6-21-13/h4-5,8,11-12H,1-3,6-7,9H2,(H,17,18)(H,19,20)/t11-,12+/m1/s1. The van der Waals surface area contributed by atoms with Crippen LogP contribution in [0.4, 0.5) is 0 Å². The number of aliphatic carboxylic acids is 1. The second-order valence-corrected chi connectivity index (χ2v) is 5.70. The zero-order valence-corrected chi connectivity index (χ0v) is 12.2. The molecular weight excluding hydrogens is 286 g/mol. The fourth-order valence-corrected chi connectivity index (χ4v) is 3.07. The Morgan fingerprint density at radius 1 is 1.18 bits per heavy atom. The molecule has 0 bridgehead atoms. The molecular formula is C16H19NO5. The molecule has 1 aromatic rings. The van der Waals surface area contributed by atoms with Gasteiger partial charge in [0.05, 0.1) is 12.3 Å². The molecule has 0 unspecified atom stereocenters. The predicted molar refractivity (Wildman–Crippen MR) is 78.0 cm³/mol. The minimum absolute atomic E-state index is 0.158. The zero-order valence-electron chi connectivity index (χ0n) is 12.2. The van der Waals surface area contributed by atoms with Gasteiger partial charge >= 0.3 is 5.97 Å². The third-order valence-corrected chi connectivity index (χ3v) is 4.15. The second-order valence-electron chi connectivity index (χ2n) is 5.70. The number of rotatable bonds is 4. The molecule has 0 radical (unpaired) electrons. The first-order valence-corrected chi connectivity index (χ1v) is 7.54. The monoisotopic (exact) mass is 305 g/mol. The van der Waals surface area contributed by atoms with Crippen molar-refractivity contribution in [2.75, 3.05) is 13.2 Å². The summed E-state index contributed by atoms with van der Waals surface area (Å²) in [6, 6.07) is 5.17. The summed E-state index contributed by atoms with van der Waals surface area (Å²) in [6.45, 7) is 1.04. The van der Waals surface area contributed by atoms with Crippen LogP contribution >= 0.6 is 0 Å². The Balaban J connectivity index is 1.61. The number of ether oxygens (including phenoxy) is 2. The number of hydrogen-bond donors (Lipinski definition) is 2. The van der Waals surface area contributed by atoms with Crippen LogP contribution in [0.2, 0.25) is 0 Å². The maximum atomic E-state index is 12.1. The van der Waals surface area contributed by atoms with Crippen LogP contribution in [-0.4, -0.2) is 36.2 Å². The largest absolute Gasteiger partial charge is 0.486 e. The molecule has 6 nitrogen and oxygen atoms in total. The van der Waals surface area contributed by atoms with E-state index in [4.69, 9.17) is 14.6 Å². The Kier molecular flexibility index (Phi) is 4.18. The van der Waals surface area contributed by atoms with Crippen LogP contribution in [0.5, 0.6) is 11.5 Å². The van der Waals surface area contributed by atoms with Crippen molar-refractivity contribution >= 4 is 11.9 Å². The molecule has 118 valence electrons. The first kappa shape index (κ1) is 14.7. The molecule has 1 fully saturated rings. The van der Waals surface area contributed by atoms with Crippen molar-refractivity contribution in [3.8, 4) is 11.5 Å². The van der Waals surface area contributed by atoms with E-state index in [1.165, 1.54) is 0 Å². The number of nitrogens with one attached hydrogen (secondary N) is 1.